The van der Waals surface area contributed by atoms with Crippen LogP contribution < -0.4 is 0 Å². The van der Waals surface area contributed by atoms with Gasteiger partial charge in [-0.3, -0.25) is 9.69 Å². The topological polar surface area (TPSA) is 53.0 Å². The second-order valence-electron chi connectivity index (χ2n) is 6.88. The van der Waals surface area contributed by atoms with Crippen molar-refractivity contribution in [2.75, 3.05) is 39.3 Å². The first-order chi connectivity index (χ1) is 13.8. The number of benzene rings is 1. The molecule has 0 spiro atoms. The quantitative estimate of drug-likeness (QED) is 0.737. The van der Waals surface area contributed by atoms with Crippen LogP contribution in [0.4, 0.5) is 13.2 Å². The number of β-amino-alcohol motifs (C(OH)–C–C–N with tert-alkyl or cyclic N) is 1. The normalized spacial score (nSPS) is 16.8. The van der Waals surface area contributed by atoms with Gasteiger partial charge in [0.05, 0.1) is 30.4 Å². The number of aliphatic hydroxyl groups excluding tert-OH is 1. The largest absolute Gasteiger partial charge is 0.417 e. The number of halogens is 3. The third kappa shape index (κ3) is 6.02. The molecule has 158 valence electrons. The molecule has 1 saturated heterocycles. The maximum absolute atomic E-state index is 13.2. The summed E-state index contributed by atoms with van der Waals surface area (Å²) in [5, 5.41) is 12.1. The van der Waals surface area contributed by atoms with E-state index in [4.69, 9.17) is 4.74 Å². The Morgan fingerprint density at radius 3 is 2.52 bits per heavy atom. The average molecular weight is 428 g/mol. The molecule has 0 bridgehead atoms. The molecule has 0 aliphatic carbocycles. The molecule has 1 aromatic carbocycles. The Morgan fingerprint density at radius 1 is 1.14 bits per heavy atom. The zero-order valence-corrected chi connectivity index (χ0v) is 16.6. The number of hydrogen-bond acceptors (Lipinski definition) is 5. The van der Waals surface area contributed by atoms with Gasteiger partial charge in [0.15, 0.2) is 0 Å². The van der Waals surface area contributed by atoms with Crippen LogP contribution in [0.15, 0.2) is 41.8 Å². The van der Waals surface area contributed by atoms with E-state index < -0.39 is 23.8 Å². The molecular formula is C20H23F3N2O3S. The summed E-state index contributed by atoms with van der Waals surface area (Å²) in [6.07, 6.45) is -5.23. The van der Waals surface area contributed by atoms with Crippen molar-refractivity contribution in [1.82, 2.24) is 9.80 Å². The molecule has 9 heteroatoms. The Balaban J connectivity index is 1.46. The summed E-state index contributed by atoms with van der Waals surface area (Å²) in [7, 11) is 0. The minimum Gasteiger partial charge on any atom is -0.389 e. The van der Waals surface area contributed by atoms with E-state index in [0.29, 0.717) is 39.3 Å². The highest BCUT2D eigenvalue weighted by Crippen LogP contribution is 2.32. The molecule has 2 aromatic rings. The molecule has 0 radical (unpaired) electrons. The molecule has 1 unspecified atom stereocenters. The Labute approximate surface area is 171 Å². The number of alkyl halides is 3. The van der Waals surface area contributed by atoms with Gasteiger partial charge in [0.25, 0.3) is 5.91 Å². The second kappa shape index (κ2) is 9.71. The third-order valence-electron chi connectivity index (χ3n) is 4.73. The first-order valence-electron chi connectivity index (χ1n) is 9.30. The molecule has 1 atom stereocenters. The van der Waals surface area contributed by atoms with Crippen molar-refractivity contribution in [3.05, 3.63) is 57.8 Å². The zero-order chi connectivity index (χ0) is 20.9. The summed E-state index contributed by atoms with van der Waals surface area (Å²) in [5.74, 6) is -0.614. The SMILES string of the molecule is O=C(c1ccccc1C(F)(F)F)N1CCN(CC(O)COCc2cccs2)CC1. The highest BCUT2D eigenvalue weighted by molar-refractivity contribution is 7.09. The minimum atomic E-state index is -4.57. The molecular weight excluding hydrogens is 405 g/mol. The van der Waals surface area contributed by atoms with Gasteiger partial charge in [0.2, 0.25) is 0 Å². The number of piperazine rings is 1. The van der Waals surface area contributed by atoms with Crippen molar-refractivity contribution in [2.24, 2.45) is 0 Å². The van der Waals surface area contributed by atoms with Crippen molar-refractivity contribution < 1.29 is 27.8 Å². The summed E-state index contributed by atoms with van der Waals surface area (Å²) in [5.41, 5.74) is -1.23. The van der Waals surface area contributed by atoms with Crippen LogP contribution in [0.1, 0.15) is 20.8 Å². The molecule has 5 nitrogen and oxygen atoms in total. The number of thiophene rings is 1. The summed E-state index contributed by atoms with van der Waals surface area (Å²) < 4.78 is 45.0. The Morgan fingerprint density at radius 2 is 1.86 bits per heavy atom. The molecule has 1 aromatic heterocycles. The number of nitrogens with zero attached hydrogens (tertiary/aromatic N) is 2. The van der Waals surface area contributed by atoms with Crippen LogP contribution in [-0.4, -0.2) is 66.2 Å². The van der Waals surface area contributed by atoms with Crippen LogP contribution in [0, 0.1) is 0 Å². The van der Waals surface area contributed by atoms with Crippen LogP contribution in [0.5, 0.6) is 0 Å². The van der Waals surface area contributed by atoms with Crippen molar-refractivity contribution in [2.45, 2.75) is 18.9 Å². The van der Waals surface area contributed by atoms with E-state index in [-0.39, 0.29) is 12.2 Å². The van der Waals surface area contributed by atoms with E-state index in [1.165, 1.54) is 23.1 Å². The minimum absolute atomic E-state index is 0.204. The number of rotatable bonds is 7. The van der Waals surface area contributed by atoms with Gasteiger partial charge in [-0.2, -0.15) is 13.2 Å². The van der Waals surface area contributed by atoms with Gasteiger partial charge in [0.1, 0.15) is 0 Å². The van der Waals surface area contributed by atoms with Gasteiger partial charge < -0.3 is 14.7 Å². The van der Waals surface area contributed by atoms with Gasteiger partial charge in [-0.15, -0.1) is 11.3 Å². The molecule has 3 rings (SSSR count). The number of carbonyl (C=O) groups excluding carboxylic acids is 1. The van der Waals surface area contributed by atoms with Gasteiger partial charge >= 0.3 is 6.18 Å². The lowest BCUT2D eigenvalue weighted by Crippen LogP contribution is -2.51. The van der Waals surface area contributed by atoms with Crippen LogP contribution in [0.2, 0.25) is 0 Å². The fourth-order valence-corrected chi connectivity index (χ4v) is 3.90. The van der Waals surface area contributed by atoms with Crippen LogP contribution in [0.3, 0.4) is 0 Å². The summed E-state index contributed by atoms with van der Waals surface area (Å²) in [4.78, 5) is 17.1. The van der Waals surface area contributed by atoms with E-state index in [1.54, 1.807) is 11.3 Å². The van der Waals surface area contributed by atoms with Crippen molar-refractivity contribution in [3.8, 4) is 0 Å². The number of ether oxygens (including phenoxy) is 1. The molecule has 2 heterocycles. The highest BCUT2D eigenvalue weighted by atomic mass is 32.1. The molecule has 1 aliphatic rings. The van der Waals surface area contributed by atoms with Crippen LogP contribution >= 0.6 is 11.3 Å². The van der Waals surface area contributed by atoms with Gasteiger partial charge in [-0.25, -0.2) is 0 Å². The number of aliphatic hydroxyl groups is 1. The monoisotopic (exact) mass is 428 g/mol. The van der Waals surface area contributed by atoms with Crippen molar-refractivity contribution >= 4 is 17.2 Å². The molecule has 1 aliphatic heterocycles. The maximum Gasteiger partial charge on any atom is 0.417 e. The zero-order valence-electron chi connectivity index (χ0n) is 15.8. The second-order valence-corrected chi connectivity index (χ2v) is 7.92. The average Bonchev–Trinajstić information content (AvgIpc) is 3.21. The summed E-state index contributed by atoms with van der Waals surface area (Å²) in [6, 6.07) is 8.75. The molecule has 1 N–H and O–H groups in total. The Bertz CT molecular complexity index is 791. The molecule has 1 fully saturated rings. The molecule has 29 heavy (non-hydrogen) atoms. The maximum atomic E-state index is 13.2. The number of hydrogen-bond donors (Lipinski definition) is 1. The Hall–Kier alpha value is -1.94. The van der Waals surface area contributed by atoms with E-state index in [0.717, 1.165) is 10.9 Å². The first kappa shape index (κ1) is 21.8. The lowest BCUT2D eigenvalue weighted by atomic mass is 10.1. The smallest absolute Gasteiger partial charge is 0.389 e. The van der Waals surface area contributed by atoms with E-state index >= 15 is 0 Å². The summed E-state index contributed by atoms with van der Waals surface area (Å²) in [6.45, 7) is 2.66. The molecule has 1 amide bonds. The van der Waals surface area contributed by atoms with Gasteiger partial charge in [-0.05, 0) is 23.6 Å². The predicted octanol–water partition coefficient (Wildman–Crippen LogP) is 3.10. The van der Waals surface area contributed by atoms with Crippen LogP contribution in [0.25, 0.3) is 0 Å². The van der Waals surface area contributed by atoms with Crippen molar-refractivity contribution in [3.63, 3.8) is 0 Å². The molecule has 0 saturated carbocycles. The predicted molar refractivity (Wildman–Crippen MR) is 104 cm³/mol. The lowest BCUT2D eigenvalue weighted by Gasteiger charge is -2.36. The number of carbonyl (C=O) groups is 1. The van der Waals surface area contributed by atoms with E-state index in [9.17, 15) is 23.1 Å². The van der Waals surface area contributed by atoms with E-state index in [2.05, 4.69) is 0 Å². The van der Waals surface area contributed by atoms with Crippen LogP contribution in [-0.2, 0) is 17.5 Å². The van der Waals surface area contributed by atoms with E-state index in [1.807, 2.05) is 22.4 Å². The fourth-order valence-electron chi connectivity index (χ4n) is 3.26. The summed E-state index contributed by atoms with van der Waals surface area (Å²) >= 11 is 1.59. The standard InChI is InChI=1S/C20H23F3N2O3S/c21-20(22,23)18-6-2-1-5-17(18)19(27)25-9-7-24(8-10-25)12-15(26)13-28-14-16-4-3-11-29-16/h1-6,11,15,26H,7-10,12-14H2. The fraction of sp³-hybridized carbons (Fsp3) is 0.450. The highest BCUT2D eigenvalue weighted by Gasteiger charge is 2.36. The number of amides is 1. The first-order valence-corrected chi connectivity index (χ1v) is 10.2. The van der Waals surface area contributed by atoms with Gasteiger partial charge in [0, 0.05) is 37.6 Å². The Kier molecular flexibility index (Phi) is 7.28. The van der Waals surface area contributed by atoms with Crippen molar-refractivity contribution in [1.29, 1.82) is 0 Å². The lowest BCUT2D eigenvalue weighted by molar-refractivity contribution is -0.138. The third-order valence-corrected chi connectivity index (χ3v) is 5.58. The van der Waals surface area contributed by atoms with Gasteiger partial charge in [-0.1, -0.05) is 18.2 Å².